The van der Waals surface area contributed by atoms with Crippen LogP contribution in [0.2, 0.25) is 0 Å². The van der Waals surface area contributed by atoms with Crippen LogP contribution in [0, 0.1) is 11.7 Å². The van der Waals surface area contributed by atoms with Crippen molar-refractivity contribution in [2.24, 2.45) is 5.92 Å². The largest absolute Gasteiger partial charge is 0.466 e. The number of dihydropyridines is 1. The normalized spacial score (nSPS) is 17.4. The molecule has 2 heterocycles. The Balaban J connectivity index is 1.63. The van der Waals surface area contributed by atoms with Crippen molar-refractivity contribution in [3.8, 4) is 5.75 Å². The molecular formula is C27H26FNO8. The highest BCUT2D eigenvalue weighted by molar-refractivity contribution is 6.05. The van der Waals surface area contributed by atoms with Crippen molar-refractivity contribution in [3.63, 3.8) is 0 Å². The average molecular weight is 512 g/mol. The zero-order valence-corrected chi connectivity index (χ0v) is 20.8. The summed E-state index contributed by atoms with van der Waals surface area (Å²) >= 11 is 0. The summed E-state index contributed by atoms with van der Waals surface area (Å²) in [7, 11) is 2.32. The quantitative estimate of drug-likeness (QED) is 0.460. The van der Waals surface area contributed by atoms with Gasteiger partial charge in [-0.3, -0.25) is 4.79 Å². The number of carbonyl (C=O) groups excluding carboxylic acids is 3. The van der Waals surface area contributed by atoms with Gasteiger partial charge in [-0.1, -0.05) is 30.3 Å². The lowest BCUT2D eigenvalue weighted by atomic mass is 9.85. The van der Waals surface area contributed by atoms with E-state index in [1.807, 2.05) is 30.3 Å². The van der Waals surface area contributed by atoms with E-state index in [0.29, 0.717) is 22.7 Å². The highest BCUT2D eigenvalue weighted by atomic mass is 19.1. The van der Waals surface area contributed by atoms with Crippen molar-refractivity contribution < 1.29 is 42.5 Å². The highest BCUT2D eigenvalue weighted by Crippen LogP contribution is 2.38. The van der Waals surface area contributed by atoms with Crippen molar-refractivity contribution in [1.29, 1.82) is 0 Å². The summed E-state index contributed by atoms with van der Waals surface area (Å²) in [6, 6.07) is 11.7. The standard InChI is InChI=1S/C27H26FNO8/c1-14-20(24(30)33-3)22(21(15(2)29-14)25(31)34-4)26(32)35-12-17-10-19(28)11-18-13-36-27(37-23(17)18)16-8-6-5-7-9-16/h5-11,22,27,29H,12-13H2,1-4H3. The molecule has 0 radical (unpaired) electrons. The first-order valence-electron chi connectivity index (χ1n) is 11.4. The molecule has 0 amide bonds. The number of allylic oxidation sites excluding steroid dienone is 2. The number of ether oxygens (including phenoxy) is 5. The highest BCUT2D eigenvalue weighted by Gasteiger charge is 2.42. The van der Waals surface area contributed by atoms with Crippen molar-refractivity contribution in [2.75, 3.05) is 14.2 Å². The van der Waals surface area contributed by atoms with Gasteiger partial charge in [0.25, 0.3) is 0 Å². The van der Waals surface area contributed by atoms with Crippen molar-refractivity contribution in [1.82, 2.24) is 5.32 Å². The van der Waals surface area contributed by atoms with Crippen LogP contribution in [0.15, 0.2) is 65.0 Å². The van der Waals surface area contributed by atoms with Gasteiger partial charge in [-0.2, -0.15) is 0 Å². The zero-order valence-electron chi connectivity index (χ0n) is 20.8. The third kappa shape index (κ3) is 5.19. The summed E-state index contributed by atoms with van der Waals surface area (Å²) in [4.78, 5) is 38.5. The molecule has 0 bridgehead atoms. The Morgan fingerprint density at radius 2 is 1.62 bits per heavy atom. The molecule has 2 aliphatic rings. The van der Waals surface area contributed by atoms with Crippen LogP contribution < -0.4 is 10.1 Å². The Morgan fingerprint density at radius 3 is 2.22 bits per heavy atom. The number of fused-ring (bicyclic) bond motifs is 1. The van der Waals surface area contributed by atoms with Gasteiger partial charge in [0.1, 0.15) is 24.1 Å². The molecule has 0 saturated heterocycles. The van der Waals surface area contributed by atoms with Crippen molar-refractivity contribution >= 4 is 17.9 Å². The molecule has 9 nitrogen and oxygen atoms in total. The van der Waals surface area contributed by atoms with Gasteiger partial charge in [0.15, 0.2) is 0 Å². The van der Waals surface area contributed by atoms with Gasteiger partial charge in [-0.15, -0.1) is 0 Å². The van der Waals surface area contributed by atoms with Crippen LogP contribution in [0.25, 0.3) is 0 Å². The number of esters is 3. The topological polar surface area (TPSA) is 109 Å². The molecule has 1 unspecified atom stereocenters. The van der Waals surface area contributed by atoms with E-state index in [2.05, 4.69) is 5.32 Å². The van der Waals surface area contributed by atoms with Gasteiger partial charge in [0.05, 0.1) is 32.0 Å². The lowest BCUT2D eigenvalue weighted by molar-refractivity contribution is -0.152. The van der Waals surface area contributed by atoms with E-state index in [-0.39, 0.29) is 29.9 Å². The average Bonchev–Trinajstić information content (AvgIpc) is 2.90. The summed E-state index contributed by atoms with van der Waals surface area (Å²) in [5.74, 6) is -4.17. The first-order valence-corrected chi connectivity index (χ1v) is 11.4. The van der Waals surface area contributed by atoms with Crippen LogP contribution >= 0.6 is 0 Å². The van der Waals surface area contributed by atoms with Crippen LogP contribution in [0.5, 0.6) is 5.75 Å². The Labute approximate surface area is 212 Å². The van der Waals surface area contributed by atoms with E-state index in [1.165, 1.54) is 12.1 Å². The maximum absolute atomic E-state index is 14.4. The molecule has 0 aliphatic carbocycles. The van der Waals surface area contributed by atoms with E-state index in [9.17, 15) is 18.8 Å². The molecule has 0 spiro atoms. The predicted octanol–water partition coefficient (Wildman–Crippen LogP) is 3.59. The van der Waals surface area contributed by atoms with Crippen LogP contribution in [0.4, 0.5) is 4.39 Å². The van der Waals surface area contributed by atoms with Gasteiger partial charge < -0.3 is 29.0 Å². The molecule has 2 aromatic carbocycles. The zero-order chi connectivity index (χ0) is 26.7. The maximum atomic E-state index is 14.4. The van der Waals surface area contributed by atoms with Gasteiger partial charge in [-0.05, 0) is 26.0 Å². The van der Waals surface area contributed by atoms with Crippen LogP contribution in [-0.4, -0.2) is 32.1 Å². The number of halogens is 1. The van der Waals surface area contributed by atoms with E-state index in [1.54, 1.807) is 13.8 Å². The van der Waals surface area contributed by atoms with Crippen LogP contribution in [0.3, 0.4) is 0 Å². The third-order valence-electron chi connectivity index (χ3n) is 6.07. The molecule has 4 rings (SSSR count). The molecule has 0 saturated carbocycles. The van der Waals surface area contributed by atoms with Gasteiger partial charge >= 0.3 is 17.9 Å². The minimum absolute atomic E-state index is 0.0880. The number of hydrogen-bond acceptors (Lipinski definition) is 9. The summed E-state index contributed by atoms with van der Waals surface area (Å²) in [6.07, 6.45) is -0.731. The fourth-order valence-electron chi connectivity index (χ4n) is 4.38. The Bertz CT molecular complexity index is 1260. The summed E-state index contributed by atoms with van der Waals surface area (Å²) < 4.78 is 41.4. The first-order chi connectivity index (χ1) is 17.7. The molecule has 37 heavy (non-hydrogen) atoms. The second-order valence-electron chi connectivity index (χ2n) is 8.45. The Hall–Kier alpha value is -4.18. The number of carbonyl (C=O) groups is 3. The molecule has 0 aromatic heterocycles. The minimum Gasteiger partial charge on any atom is -0.466 e. The van der Waals surface area contributed by atoms with Crippen molar-refractivity contribution in [2.45, 2.75) is 33.4 Å². The number of hydrogen-bond donors (Lipinski definition) is 1. The lowest BCUT2D eigenvalue weighted by Gasteiger charge is -2.29. The van der Waals surface area contributed by atoms with Crippen molar-refractivity contribution in [3.05, 3.63) is 87.5 Å². The number of methoxy groups -OCH3 is 2. The second kappa shape index (κ2) is 10.8. The lowest BCUT2D eigenvalue weighted by Crippen LogP contribution is -2.37. The fourth-order valence-corrected chi connectivity index (χ4v) is 4.38. The SMILES string of the molecule is COC(=O)C1=C(C)NC(C)=C(C(=O)OC)C1C(=O)OCc1cc(F)cc2c1OC(c1ccccc1)OC2. The molecule has 0 fully saturated rings. The van der Waals surface area contributed by atoms with Crippen LogP contribution in [-0.2, 0) is 46.5 Å². The number of rotatable bonds is 6. The third-order valence-corrected chi connectivity index (χ3v) is 6.07. The Morgan fingerprint density at radius 1 is 1.00 bits per heavy atom. The van der Waals surface area contributed by atoms with E-state index in [0.717, 1.165) is 19.8 Å². The summed E-state index contributed by atoms with van der Waals surface area (Å²) in [6.45, 7) is 2.85. The van der Waals surface area contributed by atoms with E-state index in [4.69, 9.17) is 23.7 Å². The van der Waals surface area contributed by atoms with E-state index < -0.39 is 35.9 Å². The Kier molecular flexibility index (Phi) is 7.58. The first kappa shape index (κ1) is 25.9. The summed E-state index contributed by atoms with van der Waals surface area (Å²) in [5, 5.41) is 2.90. The molecule has 1 N–H and O–H groups in total. The molecule has 1 atom stereocenters. The molecule has 2 aromatic rings. The van der Waals surface area contributed by atoms with Crippen LogP contribution in [0.1, 0.15) is 36.8 Å². The second-order valence-corrected chi connectivity index (χ2v) is 8.45. The fraction of sp³-hybridized carbons (Fsp3) is 0.296. The maximum Gasteiger partial charge on any atom is 0.336 e. The van der Waals surface area contributed by atoms with Gasteiger partial charge in [-0.25, -0.2) is 14.0 Å². The number of benzene rings is 2. The monoisotopic (exact) mass is 511 g/mol. The number of nitrogens with one attached hydrogen (secondary N) is 1. The van der Waals surface area contributed by atoms with Gasteiger partial charge in [0, 0.05) is 28.1 Å². The van der Waals surface area contributed by atoms with E-state index >= 15 is 0 Å². The minimum atomic E-state index is -1.41. The molecule has 10 heteroatoms. The summed E-state index contributed by atoms with van der Waals surface area (Å²) in [5.41, 5.74) is 1.96. The van der Waals surface area contributed by atoms with Gasteiger partial charge in [0.2, 0.25) is 6.29 Å². The molecule has 194 valence electrons. The smallest absolute Gasteiger partial charge is 0.336 e. The predicted molar refractivity (Wildman–Crippen MR) is 127 cm³/mol. The molecular weight excluding hydrogens is 485 g/mol. The molecule has 2 aliphatic heterocycles.